The molecule has 21 heavy (non-hydrogen) atoms. The molecule has 1 aromatic rings. The third kappa shape index (κ3) is 3.84. The molecule has 1 aliphatic rings. The Bertz CT molecular complexity index is 508. The van der Waals surface area contributed by atoms with Gasteiger partial charge in [-0.05, 0) is 29.9 Å². The second kappa shape index (κ2) is 6.74. The van der Waals surface area contributed by atoms with Crippen LogP contribution in [-0.2, 0) is 22.6 Å². The predicted octanol–water partition coefficient (Wildman–Crippen LogP) is 2.12. The van der Waals surface area contributed by atoms with Gasteiger partial charge in [0.25, 0.3) is 0 Å². The molecule has 0 aromatic heterocycles. The van der Waals surface area contributed by atoms with E-state index >= 15 is 0 Å². The topological polar surface area (TPSA) is 49.4 Å². The monoisotopic (exact) mass is 288 g/mol. The van der Waals surface area contributed by atoms with Gasteiger partial charge in [0.05, 0.1) is 6.54 Å². The van der Waals surface area contributed by atoms with Crippen LogP contribution in [0.15, 0.2) is 24.3 Å². The van der Waals surface area contributed by atoms with E-state index in [4.69, 9.17) is 0 Å². The molecule has 1 unspecified atom stereocenters. The molecule has 1 heterocycles. The van der Waals surface area contributed by atoms with E-state index in [-0.39, 0.29) is 24.4 Å². The summed E-state index contributed by atoms with van der Waals surface area (Å²) in [6.45, 7) is 6.88. The Morgan fingerprint density at radius 2 is 1.81 bits per heavy atom. The molecule has 1 saturated heterocycles. The van der Waals surface area contributed by atoms with E-state index < -0.39 is 0 Å². The summed E-state index contributed by atoms with van der Waals surface area (Å²) in [4.78, 5) is 26.0. The maximum atomic E-state index is 12.2. The minimum Gasteiger partial charge on any atom is -0.345 e. The van der Waals surface area contributed by atoms with E-state index in [1.807, 2.05) is 12.1 Å². The minimum atomic E-state index is -0.350. The van der Waals surface area contributed by atoms with Crippen molar-refractivity contribution in [2.75, 3.05) is 6.54 Å². The number of hydrogen-bond acceptors (Lipinski definition) is 2. The molecule has 2 amide bonds. The Morgan fingerprint density at radius 1 is 1.19 bits per heavy atom. The largest absolute Gasteiger partial charge is 0.345 e. The molecule has 1 N–H and O–H groups in total. The lowest BCUT2D eigenvalue weighted by Gasteiger charge is -2.36. The van der Waals surface area contributed by atoms with E-state index in [2.05, 4.69) is 38.2 Å². The molecule has 0 aliphatic carbocycles. The average Bonchev–Trinajstić information content (AvgIpc) is 2.47. The Hall–Kier alpha value is -1.84. The van der Waals surface area contributed by atoms with Crippen molar-refractivity contribution in [3.05, 3.63) is 35.4 Å². The molecule has 4 nitrogen and oxygen atoms in total. The number of benzene rings is 1. The smallest absolute Gasteiger partial charge is 0.243 e. The van der Waals surface area contributed by atoms with Gasteiger partial charge in [-0.3, -0.25) is 9.59 Å². The summed E-state index contributed by atoms with van der Waals surface area (Å²) < 4.78 is 0. The van der Waals surface area contributed by atoms with E-state index in [0.717, 1.165) is 12.0 Å². The number of aryl methyl sites for hydroxylation is 1. The Kier molecular flexibility index (Phi) is 4.99. The lowest BCUT2D eigenvalue weighted by molar-refractivity contribution is -0.146. The fourth-order valence-corrected chi connectivity index (χ4v) is 2.65. The molecule has 1 aliphatic heterocycles. The lowest BCUT2D eigenvalue weighted by Crippen LogP contribution is -2.58. The number of nitrogens with one attached hydrogen (secondary N) is 1. The fraction of sp³-hybridized carbons (Fsp3) is 0.529. The Balaban J connectivity index is 2.15. The Labute approximate surface area is 126 Å². The summed E-state index contributed by atoms with van der Waals surface area (Å²) >= 11 is 0. The lowest BCUT2D eigenvalue weighted by atomic mass is 9.99. The molecule has 4 heteroatoms. The first-order chi connectivity index (χ1) is 10.0. The molecule has 0 radical (unpaired) electrons. The maximum Gasteiger partial charge on any atom is 0.243 e. The van der Waals surface area contributed by atoms with Crippen LogP contribution < -0.4 is 5.32 Å². The maximum absolute atomic E-state index is 12.2. The van der Waals surface area contributed by atoms with Crippen LogP contribution >= 0.6 is 0 Å². The SMILES string of the molecule is CCc1ccc(CN2C(=O)CNC(=O)C2CC(C)C)cc1. The van der Waals surface area contributed by atoms with Crippen LogP contribution in [-0.4, -0.2) is 29.3 Å². The molecule has 1 atom stereocenters. The number of nitrogens with zero attached hydrogens (tertiary/aromatic N) is 1. The number of rotatable bonds is 5. The van der Waals surface area contributed by atoms with E-state index in [1.165, 1.54) is 5.56 Å². The number of hydrogen-bond donors (Lipinski definition) is 1. The van der Waals surface area contributed by atoms with Gasteiger partial charge < -0.3 is 10.2 Å². The van der Waals surface area contributed by atoms with Gasteiger partial charge in [-0.1, -0.05) is 45.0 Å². The molecule has 0 saturated carbocycles. The van der Waals surface area contributed by atoms with E-state index in [9.17, 15) is 9.59 Å². The van der Waals surface area contributed by atoms with Crippen molar-refractivity contribution in [1.82, 2.24) is 10.2 Å². The van der Waals surface area contributed by atoms with Crippen molar-refractivity contribution in [3.8, 4) is 0 Å². The zero-order valence-corrected chi connectivity index (χ0v) is 13.1. The molecule has 2 rings (SSSR count). The van der Waals surface area contributed by atoms with Gasteiger partial charge in [0, 0.05) is 6.54 Å². The first-order valence-electron chi connectivity index (χ1n) is 7.66. The molecular formula is C17H24N2O2. The number of carbonyl (C=O) groups is 2. The summed E-state index contributed by atoms with van der Waals surface area (Å²) in [7, 11) is 0. The third-order valence-electron chi connectivity index (χ3n) is 3.89. The predicted molar refractivity (Wildman–Crippen MR) is 82.6 cm³/mol. The standard InChI is InChI=1S/C17H24N2O2/c1-4-13-5-7-14(8-6-13)11-19-15(9-12(2)3)17(21)18-10-16(19)20/h5-8,12,15H,4,9-11H2,1-3H3,(H,18,21). The number of piperazine rings is 1. The number of carbonyl (C=O) groups excluding carboxylic acids is 2. The van der Waals surface area contributed by atoms with Crippen LogP contribution in [0.2, 0.25) is 0 Å². The van der Waals surface area contributed by atoms with Crippen LogP contribution in [0.4, 0.5) is 0 Å². The molecule has 1 fully saturated rings. The highest BCUT2D eigenvalue weighted by molar-refractivity contribution is 5.94. The summed E-state index contributed by atoms with van der Waals surface area (Å²) in [6.07, 6.45) is 1.70. The summed E-state index contributed by atoms with van der Waals surface area (Å²) in [5.41, 5.74) is 2.35. The quantitative estimate of drug-likeness (QED) is 0.902. The minimum absolute atomic E-state index is 0.000168. The van der Waals surface area contributed by atoms with Crippen LogP contribution in [0.1, 0.15) is 38.3 Å². The van der Waals surface area contributed by atoms with Gasteiger partial charge in [0.1, 0.15) is 6.04 Å². The van der Waals surface area contributed by atoms with Crippen molar-refractivity contribution >= 4 is 11.8 Å². The van der Waals surface area contributed by atoms with Crippen molar-refractivity contribution in [3.63, 3.8) is 0 Å². The number of amides is 2. The van der Waals surface area contributed by atoms with Gasteiger partial charge in [-0.25, -0.2) is 0 Å². The van der Waals surface area contributed by atoms with E-state index in [0.29, 0.717) is 18.9 Å². The second-order valence-electron chi connectivity index (χ2n) is 6.05. The summed E-state index contributed by atoms with van der Waals surface area (Å²) in [5.74, 6) is 0.338. The zero-order chi connectivity index (χ0) is 15.4. The normalized spacial score (nSPS) is 19.0. The Morgan fingerprint density at radius 3 is 2.38 bits per heavy atom. The highest BCUT2D eigenvalue weighted by Crippen LogP contribution is 2.18. The van der Waals surface area contributed by atoms with Gasteiger partial charge >= 0.3 is 0 Å². The highest BCUT2D eigenvalue weighted by atomic mass is 16.2. The van der Waals surface area contributed by atoms with Crippen LogP contribution in [0.3, 0.4) is 0 Å². The second-order valence-corrected chi connectivity index (χ2v) is 6.05. The molecule has 114 valence electrons. The van der Waals surface area contributed by atoms with Gasteiger partial charge in [-0.15, -0.1) is 0 Å². The van der Waals surface area contributed by atoms with Gasteiger partial charge in [0.2, 0.25) is 11.8 Å². The molecular weight excluding hydrogens is 264 g/mol. The van der Waals surface area contributed by atoms with Crippen LogP contribution in [0, 0.1) is 5.92 Å². The van der Waals surface area contributed by atoms with E-state index in [1.54, 1.807) is 4.90 Å². The molecule has 0 bridgehead atoms. The zero-order valence-electron chi connectivity index (χ0n) is 13.1. The van der Waals surface area contributed by atoms with Crippen molar-refractivity contribution < 1.29 is 9.59 Å². The van der Waals surface area contributed by atoms with Crippen LogP contribution in [0.5, 0.6) is 0 Å². The average molecular weight is 288 g/mol. The van der Waals surface area contributed by atoms with Crippen molar-refractivity contribution in [1.29, 1.82) is 0 Å². The van der Waals surface area contributed by atoms with Gasteiger partial charge in [0.15, 0.2) is 0 Å². The molecule has 1 aromatic carbocycles. The van der Waals surface area contributed by atoms with Crippen molar-refractivity contribution in [2.45, 2.75) is 46.2 Å². The molecule has 0 spiro atoms. The first-order valence-corrected chi connectivity index (χ1v) is 7.66. The highest BCUT2D eigenvalue weighted by Gasteiger charge is 2.34. The van der Waals surface area contributed by atoms with Crippen molar-refractivity contribution in [2.24, 2.45) is 5.92 Å². The first kappa shape index (κ1) is 15.5. The summed E-state index contributed by atoms with van der Waals surface area (Å²) in [5, 5.41) is 2.69. The fourth-order valence-electron chi connectivity index (χ4n) is 2.65. The summed E-state index contributed by atoms with van der Waals surface area (Å²) in [6, 6.07) is 7.91. The third-order valence-corrected chi connectivity index (χ3v) is 3.89. The van der Waals surface area contributed by atoms with Gasteiger partial charge in [-0.2, -0.15) is 0 Å². The van der Waals surface area contributed by atoms with Crippen LogP contribution in [0.25, 0.3) is 0 Å².